The van der Waals surface area contributed by atoms with E-state index in [2.05, 4.69) is 0 Å². The van der Waals surface area contributed by atoms with Gasteiger partial charge in [-0.15, -0.1) is 0 Å². The number of benzene rings is 1. The van der Waals surface area contributed by atoms with E-state index in [9.17, 15) is 9.59 Å². The molecule has 0 fully saturated rings. The van der Waals surface area contributed by atoms with Crippen LogP contribution in [0.4, 0.5) is 0 Å². The molecule has 0 saturated heterocycles. The Labute approximate surface area is 125 Å². The maximum atomic E-state index is 12.2. The van der Waals surface area contributed by atoms with Crippen molar-refractivity contribution in [1.29, 1.82) is 0 Å². The number of ketones is 1. The molecule has 1 N–H and O–H groups in total. The van der Waals surface area contributed by atoms with Gasteiger partial charge in [0.25, 0.3) is 0 Å². The van der Waals surface area contributed by atoms with Crippen LogP contribution in [0.3, 0.4) is 0 Å². The smallest absolute Gasteiger partial charge is 0.341 e. The molecule has 6 nitrogen and oxygen atoms in total. The molecule has 2 aromatic rings. The zero-order chi connectivity index (χ0) is 15.7. The van der Waals surface area contributed by atoms with Gasteiger partial charge in [-0.1, -0.05) is 0 Å². The van der Waals surface area contributed by atoms with Crippen molar-refractivity contribution in [3.05, 3.63) is 53.2 Å². The number of rotatable bonds is 4. The summed E-state index contributed by atoms with van der Waals surface area (Å²) >= 11 is 0. The first-order chi connectivity index (χ1) is 10.5. The molecule has 0 aliphatic carbocycles. The number of Topliss-reactive ketones (excluding diaryl/α,β-unsaturated/α-hetero) is 1. The number of carbonyl (C=O) groups is 2. The minimum Gasteiger partial charge on any atom is -0.482 e. The quantitative estimate of drug-likeness (QED) is 0.874. The lowest BCUT2D eigenvalue weighted by atomic mass is 10.1. The summed E-state index contributed by atoms with van der Waals surface area (Å²) in [4.78, 5) is 22.7. The first-order valence-electron chi connectivity index (χ1n) is 6.52. The van der Waals surface area contributed by atoms with E-state index in [1.807, 2.05) is 0 Å². The average Bonchev–Trinajstić information content (AvgIpc) is 3.01. The van der Waals surface area contributed by atoms with Gasteiger partial charge in [0.2, 0.25) is 5.78 Å². The fourth-order valence-corrected chi connectivity index (χ4v) is 2.06. The van der Waals surface area contributed by atoms with Crippen LogP contribution in [0.1, 0.15) is 21.9 Å². The van der Waals surface area contributed by atoms with Crippen molar-refractivity contribution >= 4 is 17.8 Å². The van der Waals surface area contributed by atoms with Gasteiger partial charge in [0.05, 0.1) is 5.56 Å². The van der Waals surface area contributed by atoms with Crippen LogP contribution in [0.25, 0.3) is 6.08 Å². The van der Waals surface area contributed by atoms with Crippen LogP contribution in [-0.4, -0.2) is 23.5 Å². The number of fused-ring (bicyclic) bond motifs is 1. The highest BCUT2D eigenvalue weighted by Gasteiger charge is 2.28. The van der Waals surface area contributed by atoms with Gasteiger partial charge in [0.15, 0.2) is 12.4 Å². The van der Waals surface area contributed by atoms with E-state index in [0.717, 1.165) is 5.76 Å². The maximum absolute atomic E-state index is 12.2. The van der Waals surface area contributed by atoms with E-state index < -0.39 is 12.6 Å². The summed E-state index contributed by atoms with van der Waals surface area (Å²) in [5, 5.41) is 8.59. The van der Waals surface area contributed by atoms with Crippen molar-refractivity contribution in [2.75, 3.05) is 6.61 Å². The average molecular weight is 300 g/mol. The molecule has 1 aliphatic rings. The number of carboxylic acids is 1. The van der Waals surface area contributed by atoms with Crippen LogP contribution in [0, 0.1) is 6.92 Å². The Morgan fingerprint density at radius 2 is 2.14 bits per heavy atom. The molecule has 112 valence electrons. The lowest BCUT2D eigenvalue weighted by molar-refractivity contribution is -0.139. The van der Waals surface area contributed by atoms with E-state index in [0.29, 0.717) is 22.8 Å². The van der Waals surface area contributed by atoms with Crippen molar-refractivity contribution in [2.45, 2.75) is 6.92 Å². The molecule has 2 heterocycles. The summed E-state index contributed by atoms with van der Waals surface area (Å²) in [7, 11) is 0. The second-order valence-corrected chi connectivity index (χ2v) is 4.73. The van der Waals surface area contributed by atoms with Gasteiger partial charge in [-0.25, -0.2) is 4.79 Å². The molecule has 0 amide bonds. The molecule has 0 saturated carbocycles. The fourth-order valence-electron chi connectivity index (χ4n) is 2.06. The van der Waals surface area contributed by atoms with Crippen LogP contribution in [-0.2, 0) is 4.79 Å². The first kappa shape index (κ1) is 13.9. The number of aryl methyl sites for hydroxylation is 1. The Hall–Kier alpha value is -3.02. The Kier molecular flexibility index (Phi) is 3.42. The Morgan fingerprint density at radius 3 is 2.82 bits per heavy atom. The molecule has 0 unspecified atom stereocenters. The van der Waals surface area contributed by atoms with Crippen molar-refractivity contribution in [3.63, 3.8) is 0 Å². The van der Waals surface area contributed by atoms with Crippen LogP contribution in [0.5, 0.6) is 11.5 Å². The van der Waals surface area contributed by atoms with E-state index in [1.54, 1.807) is 25.1 Å². The summed E-state index contributed by atoms with van der Waals surface area (Å²) in [6.07, 6.45) is 1.52. The number of hydrogen-bond donors (Lipinski definition) is 1. The summed E-state index contributed by atoms with van der Waals surface area (Å²) in [5.74, 6) is 0.737. The van der Waals surface area contributed by atoms with Gasteiger partial charge in [-0.05, 0) is 31.2 Å². The van der Waals surface area contributed by atoms with Crippen molar-refractivity contribution in [3.8, 4) is 11.5 Å². The molecule has 3 rings (SSSR count). The molecule has 0 spiro atoms. The largest absolute Gasteiger partial charge is 0.482 e. The normalized spacial score (nSPS) is 14.8. The topological polar surface area (TPSA) is 86.0 Å². The predicted molar refractivity (Wildman–Crippen MR) is 76.0 cm³/mol. The van der Waals surface area contributed by atoms with Crippen LogP contribution < -0.4 is 9.47 Å². The van der Waals surface area contributed by atoms with Gasteiger partial charge < -0.3 is 19.0 Å². The predicted octanol–water partition coefficient (Wildman–Crippen LogP) is 2.67. The molecule has 1 aromatic carbocycles. The Bertz CT molecular complexity index is 784. The van der Waals surface area contributed by atoms with Crippen LogP contribution in [0.15, 0.2) is 40.5 Å². The summed E-state index contributed by atoms with van der Waals surface area (Å²) in [5.41, 5.74) is 0.400. The van der Waals surface area contributed by atoms with Crippen molar-refractivity contribution in [1.82, 2.24) is 0 Å². The zero-order valence-corrected chi connectivity index (χ0v) is 11.7. The van der Waals surface area contributed by atoms with Gasteiger partial charge in [0.1, 0.15) is 23.0 Å². The SMILES string of the molecule is Cc1ccc(C=C2Oc3cc(OCC(=O)O)ccc3C2=O)o1. The van der Waals surface area contributed by atoms with Gasteiger partial charge in [-0.3, -0.25) is 4.79 Å². The number of ether oxygens (including phenoxy) is 2. The number of furan rings is 1. The number of carboxylic acid groups (broad SMARTS) is 1. The summed E-state index contributed by atoms with van der Waals surface area (Å²) in [6, 6.07) is 8.09. The molecule has 0 atom stereocenters. The maximum Gasteiger partial charge on any atom is 0.341 e. The van der Waals surface area contributed by atoms with E-state index >= 15 is 0 Å². The van der Waals surface area contributed by atoms with Gasteiger partial charge >= 0.3 is 5.97 Å². The number of hydrogen-bond acceptors (Lipinski definition) is 5. The molecular weight excluding hydrogens is 288 g/mol. The third kappa shape index (κ3) is 2.71. The summed E-state index contributed by atoms with van der Waals surface area (Å²) in [6.45, 7) is 1.35. The highest BCUT2D eigenvalue weighted by Crippen LogP contribution is 2.34. The number of aliphatic carboxylic acids is 1. The van der Waals surface area contributed by atoms with E-state index in [4.69, 9.17) is 19.0 Å². The van der Waals surface area contributed by atoms with Gasteiger partial charge in [-0.2, -0.15) is 0 Å². The molecule has 0 radical (unpaired) electrons. The molecule has 22 heavy (non-hydrogen) atoms. The third-order valence-corrected chi connectivity index (χ3v) is 3.04. The third-order valence-electron chi connectivity index (χ3n) is 3.04. The summed E-state index contributed by atoms with van der Waals surface area (Å²) < 4.78 is 15.9. The van der Waals surface area contributed by atoms with Crippen molar-refractivity contribution in [2.24, 2.45) is 0 Å². The van der Waals surface area contributed by atoms with E-state index in [1.165, 1.54) is 18.2 Å². The zero-order valence-electron chi connectivity index (χ0n) is 11.7. The Balaban J connectivity index is 1.84. The molecule has 6 heteroatoms. The van der Waals surface area contributed by atoms with Crippen LogP contribution in [0.2, 0.25) is 0 Å². The molecule has 1 aliphatic heterocycles. The molecule has 1 aromatic heterocycles. The fraction of sp³-hybridized carbons (Fsp3) is 0.125. The lowest BCUT2D eigenvalue weighted by Crippen LogP contribution is -2.09. The lowest BCUT2D eigenvalue weighted by Gasteiger charge is -2.04. The minimum absolute atomic E-state index is 0.153. The second-order valence-electron chi connectivity index (χ2n) is 4.73. The minimum atomic E-state index is -1.08. The highest BCUT2D eigenvalue weighted by molar-refractivity contribution is 6.14. The second kappa shape index (κ2) is 5.40. The highest BCUT2D eigenvalue weighted by atomic mass is 16.5. The van der Waals surface area contributed by atoms with Crippen molar-refractivity contribution < 1.29 is 28.6 Å². The molecular formula is C16H12O6. The standard InChI is InChI=1S/C16H12O6/c1-9-2-3-11(21-9)7-14-16(19)12-5-4-10(6-13(12)22-14)20-8-15(17)18/h2-7H,8H2,1H3,(H,17,18). The molecule has 0 bridgehead atoms. The number of allylic oxidation sites excluding steroid dienone is 1. The monoisotopic (exact) mass is 300 g/mol. The Morgan fingerprint density at radius 1 is 1.32 bits per heavy atom. The van der Waals surface area contributed by atoms with E-state index in [-0.39, 0.29) is 11.5 Å². The van der Waals surface area contributed by atoms with Gasteiger partial charge in [0, 0.05) is 12.1 Å². The first-order valence-corrected chi connectivity index (χ1v) is 6.52. The van der Waals surface area contributed by atoms with Crippen LogP contribution >= 0.6 is 0 Å². The number of carbonyl (C=O) groups excluding carboxylic acids is 1.